The van der Waals surface area contributed by atoms with Crippen molar-refractivity contribution in [2.45, 2.75) is 0 Å². The van der Waals surface area contributed by atoms with Crippen LogP contribution in [-0.2, 0) is 0 Å². The maximum absolute atomic E-state index is 5.88. The number of nitrogens with zero attached hydrogens (tertiary/aromatic N) is 2. The van der Waals surface area contributed by atoms with Crippen molar-refractivity contribution >= 4 is 39.9 Å². The van der Waals surface area contributed by atoms with Crippen LogP contribution < -0.4 is 10.5 Å². The van der Waals surface area contributed by atoms with Crippen LogP contribution >= 0.6 is 34.2 Å². The van der Waals surface area contributed by atoms with Crippen molar-refractivity contribution in [2.75, 3.05) is 5.73 Å². The second kappa shape index (κ2) is 4.84. The Morgan fingerprint density at radius 2 is 2.19 bits per heavy atom. The predicted octanol–water partition coefficient (Wildman–Crippen LogP) is 3.11. The lowest BCUT2D eigenvalue weighted by molar-refractivity contribution is 0.457. The van der Waals surface area contributed by atoms with Gasteiger partial charge in [-0.2, -0.15) is 0 Å². The molecule has 1 heterocycles. The SMILES string of the molecule is Nc1ccc(Oc2ncncc2I)cc1Cl. The van der Waals surface area contributed by atoms with Gasteiger partial charge >= 0.3 is 0 Å². The van der Waals surface area contributed by atoms with Crippen LogP contribution in [0.1, 0.15) is 0 Å². The Balaban J connectivity index is 2.28. The zero-order valence-corrected chi connectivity index (χ0v) is 10.9. The molecular weight excluding hydrogens is 340 g/mol. The number of benzene rings is 1. The average molecular weight is 348 g/mol. The molecular formula is C10H7ClIN3O. The Labute approximate surface area is 111 Å². The molecule has 0 saturated heterocycles. The fourth-order valence-corrected chi connectivity index (χ4v) is 1.64. The Morgan fingerprint density at radius 3 is 2.88 bits per heavy atom. The third kappa shape index (κ3) is 2.53. The molecule has 1 aromatic carbocycles. The van der Waals surface area contributed by atoms with E-state index < -0.39 is 0 Å². The molecule has 0 amide bonds. The van der Waals surface area contributed by atoms with Crippen molar-refractivity contribution in [3.05, 3.63) is 39.3 Å². The Morgan fingerprint density at radius 1 is 1.38 bits per heavy atom. The van der Waals surface area contributed by atoms with Gasteiger partial charge in [-0.1, -0.05) is 11.6 Å². The quantitative estimate of drug-likeness (QED) is 0.670. The summed E-state index contributed by atoms with van der Waals surface area (Å²) in [5, 5.41) is 0.460. The highest BCUT2D eigenvalue weighted by atomic mass is 127. The summed E-state index contributed by atoms with van der Waals surface area (Å²) >= 11 is 7.98. The number of hydrogen-bond donors (Lipinski definition) is 1. The smallest absolute Gasteiger partial charge is 0.235 e. The predicted molar refractivity (Wildman–Crippen MR) is 70.7 cm³/mol. The molecule has 0 bridgehead atoms. The highest BCUT2D eigenvalue weighted by Gasteiger charge is 2.05. The fraction of sp³-hybridized carbons (Fsp3) is 0. The van der Waals surface area contributed by atoms with Crippen molar-refractivity contribution in [1.29, 1.82) is 0 Å². The monoisotopic (exact) mass is 347 g/mol. The van der Waals surface area contributed by atoms with E-state index in [1.54, 1.807) is 24.4 Å². The number of halogens is 2. The van der Waals surface area contributed by atoms with Crippen LogP contribution in [0.15, 0.2) is 30.7 Å². The fourth-order valence-electron chi connectivity index (χ4n) is 1.06. The van der Waals surface area contributed by atoms with Gasteiger partial charge in [-0.05, 0) is 34.7 Å². The number of rotatable bonds is 2. The molecule has 16 heavy (non-hydrogen) atoms. The van der Waals surface area contributed by atoms with Gasteiger partial charge in [-0.25, -0.2) is 9.97 Å². The van der Waals surface area contributed by atoms with E-state index in [0.29, 0.717) is 22.3 Å². The van der Waals surface area contributed by atoms with Gasteiger partial charge in [0.25, 0.3) is 0 Å². The molecule has 82 valence electrons. The molecule has 1 aromatic heterocycles. The summed E-state index contributed by atoms with van der Waals surface area (Å²) in [7, 11) is 0. The summed E-state index contributed by atoms with van der Waals surface area (Å²) in [6, 6.07) is 5.07. The lowest BCUT2D eigenvalue weighted by Crippen LogP contribution is -1.93. The molecule has 0 aliphatic rings. The third-order valence-corrected chi connectivity index (χ3v) is 2.89. The van der Waals surface area contributed by atoms with Gasteiger partial charge in [0.15, 0.2) is 0 Å². The Kier molecular flexibility index (Phi) is 3.45. The normalized spacial score (nSPS) is 10.1. The molecule has 0 fully saturated rings. The Hall–Kier alpha value is -1.08. The van der Waals surface area contributed by atoms with Crippen LogP contribution in [-0.4, -0.2) is 9.97 Å². The molecule has 0 saturated carbocycles. The van der Waals surface area contributed by atoms with Crippen LogP contribution in [0.2, 0.25) is 5.02 Å². The minimum absolute atomic E-state index is 0.460. The molecule has 2 N–H and O–H groups in total. The van der Waals surface area contributed by atoms with Crippen molar-refractivity contribution in [3.63, 3.8) is 0 Å². The maximum Gasteiger partial charge on any atom is 0.235 e. The first-order valence-corrected chi connectivity index (χ1v) is 5.81. The van der Waals surface area contributed by atoms with Gasteiger partial charge in [-0.3, -0.25) is 0 Å². The molecule has 0 radical (unpaired) electrons. The first-order chi connectivity index (χ1) is 7.66. The molecule has 0 aliphatic heterocycles. The van der Waals surface area contributed by atoms with Crippen LogP contribution in [0.25, 0.3) is 0 Å². The number of nitrogen functional groups attached to an aromatic ring is 1. The second-order valence-electron chi connectivity index (χ2n) is 2.96. The van der Waals surface area contributed by atoms with Crippen molar-refractivity contribution in [2.24, 2.45) is 0 Å². The number of anilines is 1. The summed E-state index contributed by atoms with van der Waals surface area (Å²) in [4.78, 5) is 7.88. The Bertz CT molecular complexity index is 521. The van der Waals surface area contributed by atoms with E-state index in [1.807, 2.05) is 0 Å². The largest absolute Gasteiger partial charge is 0.438 e. The molecule has 2 aromatic rings. The number of aromatic nitrogens is 2. The first kappa shape index (κ1) is 11.4. The van der Waals surface area contributed by atoms with Gasteiger partial charge in [-0.15, -0.1) is 0 Å². The van der Waals surface area contributed by atoms with Gasteiger partial charge in [0.05, 0.1) is 14.3 Å². The van der Waals surface area contributed by atoms with E-state index in [4.69, 9.17) is 22.1 Å². The molecule has 4 nitrogen and oxygen atoms in total. The number of ether oxygens (including phenoxy) is 1. The summed E-state index contributed by atoms with van der Waals surface area (Å²) < 4.78 is 6.37. The van der Waals surface area contributed by atoms with Crippen molar-refractivity contribution < 1.29 is 4.74 Å². The molecule has 0 aliphatic carbocycles. The van der Waals surface area contributed by atoms with Crippen LogP contribution in [0, 0.1) is 3.57 Å². The number of nitrogens with two attached hydrogens (primary N) is 1. The zero-order valence-electron chi connectivity index (χ0n) is 8.02. The summed E-state index contributed by atoms with van der Waals surface area (Å²) in [5.41, 5.74) is 6.12. The van der Waals surface area contributed by atoms with E-state index in [2.05, 4.69) is 32.6 Å². The van der Waals surface area contributed by atoms with Crippen LogP contribution in [0.3, 0.4) is 0 Å². The van der Waals surface area contributed by atoms with Gasteiger partial charge in [0, 0.05) is 12.3 Å². The van der Waals surface area contributed by atoms with E-state index in [0.717, 1.165) is 3.57 Å². The zero-order chi connectivity index (χ0) is 11.5. The molecule has 2 rings (SSSR count). The van der Waals surface area contributed by atoms with Gasteiger partial charge in [0.2, 0.25) is 5.88 Å². The van der Waals surface area contributed by atoms with Gasteiger partial charge in [0.1, 0.15) is 12.1 Å². The number of hydrogen-bond acceptors (Lipinski definition) is 4. The highest BCUT2D eigenvalue weighted by molar-refractivity contribution is 14.1. The molecule has 0 spiro atoms. The minimum atomic E-state index is 0.460. The molecule has 6 heteroatoms. The second-order valence-corrected chi connectivity index (χ2v) is 4.53. The standard InChI is InChI=1S/C10H7ClIN3O/c11-7-3-6(1-2-9(7)13)16-10-8(12)4-14-5-15-10/h1-5H,13H2. The van der Waals surface area contributed by atoms with E-state index in [1.165, 1.54) is 6.33 Å². The summed E-state index contributed by atoms with van der Waals surface area (Å²) in [5.74, 6) is 1.09. The van der Waals surface area contributed by atoms with E-state index in [9.17, 15) is 0 Å². The van der Waals surface area contributed by atoms with Crippen molar-refractivity contribution in [3.8, 4) is 11.6 Å². The van der Waals surface area contributed by atoms with E-state index in [-0.39, 0.29) is 0 Å². The van der Waals surface area contributed by atoms with Gasteiger partial charge < -0.3 is 10.5 Å². The lowest BCUT2D eigenvalue weighted by atomic mass is 10.3. The average Bonchev–Trinajstić information content (AvgIpc) is 2.27. The maximum atomic E-state index is 5.88. The summed E-state index contributed by atoms with van der Waals surface area (Å²) in [6.45, 7) is 0. The van der Waals surface area contributed by atoms with E-state index >= 15 is 0 Å². The first-order valence-electron chi connectivity index (χ1n) is 4.35. The summed E-state index contributed by atoms with van der Waals surface area (Å²) in [6.07, 6.45) is 3.10. The minimum Gasteiger partial charge on any atom is -0.438 e. The van der Waals surface area contributed by atoms with Crippen LogP contribution in [0.4, 0.5) is 5.69 Å². The highest BCUT2D eigenvalue weighted by Crippen LogP contribution is 2.28. The van der Waals surface area contributed by atoms with Crippen LogP contribution in [0.5, 0.6) is 11.6 Å². The molecule has 0 unspecified atom stereocenters. The third-order valence-electron chi connectivity index (χ3n) is 1.82. The lowest BCUT2D eigenvalue weighted by Gasteiger charge is -2.06. The molecule has 0 atom stereocenters. The topological polar surface area (TPSA) is 61.0 Å². The van der Waals surface area contributed by atoms with Crippen molar-refractivity contribution in [1.82, 2.24) is 9.97 Å².